The van der Waals surface area contributed by atoms with Gasteiger partial charge in [0.05, 0.1) is 12.2 Å². The van der Waals surface area contributed by atoms with Crippen LogP contribution in [0.5, 0.6) is 0 Å². The van der Waals surface area contributed by atoms with Gasteiger partial charge in [-0.2, -0.15) is 0 Å². The molecule has 2 rings (SSSR count). The molecule has 0 aliphatic rings. The zero-order valence-corrected chi connectivity index (χ0v) is 10.8. The first kappa shape index (κ1) is 12.5. The van der Waals surface area contributed by atoms with Gasteiger partial charge in [-0.1, -0.05) is 47.2 Å². The zero-order valence-electron chi connectivity index (χ0n) is 10.8. The molecule has 0 aliphatic carbocycles. The summed E-state index contributed by atoms with van der Waals surface area (Å²) in [5, 5.41) is 8.29. The maximum absolute atomic E-state index is 5.72. The summed E-state index contributed by atoms with van der Waals surface area (Å²) in [7, 11) is 0. The van der Waals surface area contributed by atoms with Crippen LogP contribution in [-0.4, -0.2) is 15.0 Å². The van der Waals surface area contributed by atoms with Gasteiger partial charge in [0.15, 0.2) is 0 Å². The van der Waals surface area contributed by atoms with Gasteiger partial charge < -0.3 is 5.73 Å². The highest BCUT2D eigenvalue weighted by atomic mass is 15.4. The molecule has 0 bridgehead atoms. The monoisotopic (exact) mass is 242 g/mol. The highest BCUT2D eigenvalue weighted by Crippen LogP contribution is 2.23. The summed E-state index contributed by atoms with van der Waals surface area (Å²) < 4.78 is 1.86. The maximum atomic E-state index is 5.72. The molecule has 2 aromatic rings. The van der Waals surface area contributed by atoms with Crippen molar-refractivity contribution < 1.29 is 0 Å². The van der Waals surface area contributed by atoms with Crippen molar-refractivity contribution in [2.45, 2.75) is 26.9 Å². The smallest absolute Gasteiger partial charge is 0.104 e. The van der Waals surface area contributed by atoms with E-state index in [1.165, 1.54) is 5.56 Å². The Bertz CT molecular complexity index is 552. The molecule has 0 fully saturated rings. The normalized spacial score (nSPS) is 10.6. The Hall–Kier alpha value is -1.94. The molecule has 18 heavy (non-hydrogen) atoms. The lowest BCUT2D eigenvalue weighted by molar-refractivity contribution is 0.648. The van der Waals surface area contributed by atoms with Crippen LogP contribution in [-0.2, 0) is 13.1 Å². The van der Waals surface area contributed by atoms with E-state index in [2.05, 4.69) is 48.1 Å². The van der Waals surface area contributed by atoms with Crippen LogP contribution in [0.4, 0.5) is 0 Å². The van der Waals surface area contributed by atoms with Crippen LogP contribution < -0.4 is 5.73 Å². The van der Waals surface area contributed by atoms with Crippen molar-refractivity contribution >= 4 is 0 Å². The van der Waals surface area contributed by atoms with E-state index in [0.717, 1.165) is 22.5 Å². The number of aromatic nitrogens is 3. The predicted molar refractivity (Wildman–Crippen MR) is 72.9 cm³/mol. The topological polar surface area (TPSA) is 56.7 Å². The van der Waals surface area contributed by atoms with Gasteiger partial charge in [0.25, 0.3) is 0 Å². The third-order valence-electron chi connectivity index (χ3n) is 2.74. The van der Waals surface area contributed by atoms with Crippen molar-refractivity contribution in [1.82, 2.24) is 15.0 Å². The van der Waals surface area contributed by atoms with Gasteiger partial charge in [0.2, 0.25) is 0 Å². The van der Waals surface area contributed by atoms with Crippen LogP contribution in [0, 0.1) is 6.92 Å². The Morgan fingerprint density at radius 1 is 1.33 bits per heavy atom. The fourth-order valence-electron chi connectivity index (χ4n) is 1.88. The van der Waals surface area contributed by atoms with Crippen molar-refractivity contribution in [2.75, 3.05) is 0 Å². The van der Waals surface area contributed by atoms with Crippen LogP contribution in [0.25, 0.3) is 11.3 Å². The second-order valence-electron chi connectivity index (χ2n) is 4.57. The molecule has 0 spiro atoms. The van der Waals surface area contributed by atoms with Crippen molar-refractivity contribution in [2.24, 2.45) is 5.73 Å². The molecule has 94 valence electrons. The molecule has 4 nitrogen and oxygen atoms in total. The molecule has 4 heteroatoms. The van der Waals surface area contributed by atoms with E-state index in [0.29, 0.717) is 13.1 Å². The summed E-state index contributed by atoms with van der Waals surface area (Å²) in [5.41, 5.74) is 10.9. The Morgan fingerprint density at radius 2 is 2.00 bits per heavy atom. The molecule has 2 N–H and O–H groups in total. The third-order valence-corrected chi connectivity index (χ3v) is 2.74. The van der Waals surface area contributed by atoms with Gasteiger partial charge in [0.1, 0.15) is 5.69 Å². The minimum absolute atomic E-state index is 0.388. The van der Waals surface area contributed by atoms with Crippen molar-refractivity contribution in [3.05, 3.63) is 47.7 Å². The Labute approximate surface area is 107 Å². The van der Waals surface area contributed by atoms with E-state index in [4.69, 9.17) is 5.73 Å². The molecule has 0 saturated heterocycles. The highest BCUT2D eigenvalue weighted by molar-refractivity contribution is 5.62. The number of nitrogens with zero attached hydrogens (tertiary/aromatic N) is 3. The van der Waals surface area contributed by atoms with E-state index < -0.39 is 0 Å². The summed E-state index contributed by atoms with van der Waals surface area (Å²) in [4.78, 5) is 0. The molecule has 1 aromatic heterocycles. The summed E-state index contributed by atoms with van der Waals surface area (Å²) in [6.45, 7) is 9.01. The van der Waals surface area contributed by atoms with Crippen molar-refractivity contribution in [1.29, 1.82) is 0 Å². The quantitative estimate of drug-likeness (QED) is 0.837. The second-order valence-corrected chi connectivity index (χ2v) is 4.57. The van der Waals surface area contributed by atoms with Gasteiger partial charge >= 0.3 is 0 Å². The number of aryl methyl sites for hydroxylation is 1. The Balaban J connectivity index is 2.49. The van der Waals surface area contributed by atoms with E-state index >= 15 is 0 Å². The minimum atomic E-state index is 0.388. The highest BCUT2D eigenvalue weighted by Gasteiger charge is 2.13. The molecule has 0 unspecified atom stereocenters. The first-order valence-electron chi connectivity index (χ1n) is 5.95. The first-order valence-corrected chi connectivity index (χ1v) is 5.95. The molecule has 0 saturated carbocycles. The largest absolute Gasteiger partial charge is 0.325 e. The molecule has 0 aliphatic heterocycles. The molecular formula is C14H18N4. The van der Waals surface area contributed by atoms with Gasteiger partial charge in [-0.25, -0.2) is 4.68 Å². The van der Waals surface area contributed by atoms with E-state index in [1.807, 2.05) is 11.6 Å². The lowest BCUT2D eigenvalue weighted by Gasteiger charge is -2.08. The van der Waals surface area contributed by atoms with Crippen LogP contribution in [0.1, 0.15) is 18.2 Å². The Kier molecular flexibility index (Phi) is 3.58. The number of nitrogens with two attached hydrogens (primary N) is 1. The number of allylic oxidation sites excluding steroid dienone is 1. The molecule has 0 radical (unpaired) electrons. The molecular weight excluding hydrogens is 224 g/mol. The summed E-state index contributed by atoms with van der Waals surface area (Å²) in [6.07, 6.45) is 0. The molecule has 1 heterocycles. The van der Waals surface area contributed by atoms with E-state index in [1.54, 1.807) is 0 Å². The van der Waals surface area contributed by atoms with Crippen LogP contribution in [0.15, 0.2) is 36.4 Å². The third kappa shape index (κ3) is 2.49. The van der Waals surface area contributed by atoms with Gasteiger partial charge in [-0.3, -0.25) is 0 Å². The maximum Gasteiger partial charge on any atom is 0.104 e. The minimum Gasteiger partial charge on any atom is -0.325 e. The first-order chi connectivity index (χ1) is 8.61. The Morgan fingerprint density at radius 3 is 2.56 bits per heavy atom. The van der Waals surface area contributed by atoms with Crippen molar-refractivity contribution in [3.63, 3.8) is 0 Å². The number of rotatable bonds is 4. The summed E-state index contributed by atoms with van der Waals surface area (Å²) >= 11 is 0. The number of benzene rings is 1. The average Bonchev–Trinajstić information content (AvgIpc) is 2.72. The predicted octanol–water partition coefficient (Wildman–Crippen LogP) is 2.29. The number of hydrogen-bond acceptors (Lipinski definition) is 3. The van der Waals surface area contributed by atoms with Gasteiger partial charge in [-0.05, 0) is 13.8 Å². The standard InChI is InChI=1S/C14H18N4/c1-10(2)9-18-14(13(8-15)16-17-18)12-6-4-11(3)5-7-12/h4-7H,1,8-9,15H2,2-3H3. The van der Waals surface area contributed by atoms with Crippen LogP contribution in [0.3, 0.4) is 0 Å². The van der Waals surface area contributed by atoms with Gasteiger partial charge in [0, 0.05) is 12.1 Å². The van der Waals surface area contributed by atoms with Crippen molar-refractivity contribution in [3.8, 4) is 11.3 Å². The fourth-order valence-corrected chi connectivity index (χ4v) is 1.88. The lowest BCUT2D eigenvalue weighted by atomic mass is 10.1. The summed E-state index contributed by atoms with van der Waals surface area (Å²) in [6, 6.07) is 8.30. The average molecular weight is 242 g/mol. The molecule has 0 amide bonds. The zero-order chi connectivity index (χ0) is 13.1. The second kappa shape index (κ2) is 5.14. The number of hydrogen-bond donors (Lipinski definition) is 1. The fraction of sp³-hybridized carbons (Fsp3) is 0.286. The van der Waals surface area contributed by atoms with E-state index in [9.17, 15) is 0 Å². The van der Waals surface area contributed by atoms with Crippen LogP contribution in [0.2, 0.25) is 0 Å². The SMILES string of the molecule is C=C(C)Cn1nnc(CN)c1-c1ccc(C)cc1. The molecule has 1 aromatic carbocycles. The van der Waals surface area contributed by atoms with Gasteiger partial charge in [-0.15, -0.1) is 5.10 Å². The van der Waals surface area contributed by atoms with E-state index in [-0.39, 0.29) is 0 Å². The lowest BCUT2D eigenvalue weighted by Crippen LogP contribution is -2.05. The summed E-state index contributed by atoms with van der Waals surface area (Å²) in [5.74, 6) is 0. The molecule has 0 atom stereocenters. The van der Waals surface area contributed by atoms with Crippen LogP contribution >= 0.6 is 0 Å².